The van der Waals surface area contributed by atoms with Crippen molar-refractivity contribution in [1.29, 1.82) is 0 Å². The molecule has 3 rings (SSSR count). The summed E-state index contributed by atoms with van der Waals surface area (Å²) in [5.41, 5.74) is 1.27. The van der Waals surface area contributed by atoms with E-state index >= 15 is 0 Å². The van der Waals surface area contributed by atoms with E-state index in [9.17, 15) is 13.2 Å². The lowest BCUT2D eigenvalue weighted by atomic mass is 10.2. The second kappa shape index (κ2) is 8.24. The molecule has 0 aliphatic heterocycles. The van der Waals surface area contributed by atoms with Crippen molar-refractivity contribution in [2.45, 2.75) is 4.90 Å². The SMILES string of the molecule is O=C(Nc1ccccc1)c1cc(S(=O)(=O)Nc2ccc(Br)cc2)ccc1Br. The molecule has 0 saturated carbocycles. The summed E-state index contributed by atoms with van der Waals surface area (Å²) in [6.07, 6.45) is 0. The van der Waals surface area contributed by atoms with Crippen LogP contribution in [0.15, 0.2) is 86.6 Å². The number of anilines is 2. The van der Waals surface area contributed by atoms with Crippen molar-refractivity contribution in [3.05, 3.63) is 87.3 Å². The van der Waals surface area contributed by atoms with Crippen LogP contribution in [0.4, 0.5) is 11.4 Å². The van der Waals surface area contributed by atoms with Gasteiger partial charge in [0.05, 0.1) is 10.5 Å². The summed E-state index contributed by atoms with van der Waals surface area (Å²) in [6.45, 7) is 0. The molecule has 8 heteroatoms. The molecule has 3 aromatic carbocycles. The van der Waals surface area contributed by atoms with Crippen LogP contribution in [0.25, 0.3) is 0 Å². The first-order valence-electron chi connectivity index (χ1n) is 7.79. The standard InChI is InChI=1S/C19H14Br2N2O3S/c20-13-6-8-15(9-7-13)23-27(25,26)16-10-11-18(21)17(12-16)19(24)22-14-4-2-1-3-5-14/h1-12,23H,(H,22,24). The fraction of sp³-hybridized carbons (Fsp3) is 0. The summed E-state index contributed by atoms with van der Waals surface area (Å²) in [7, 11) is -3.84. The Morgan fingerprint density at radius 2 is 1.48 bits per heavy atom. The Balaban J connectivity index is 1.87. The molecular formula is C19H14Br2N2O3S. The Kier molecular flexibility index (Phi) is 5.98. The van der Waals surface area contributed by atoms with Crippen LogP contribution < -0.4 is 10.0 Å². The molecule has 3 aromatic rings. The van der Waals surface area contributed by atoms with Crippen molar-refractivity contribution in [3.8, 4) is 0 Å². The van der Waals surface area contributed by atoms with E-state index in [0.717, 1.165) is 4.47 Å². The van der Waals surface area contributed by atoms with Crippen LogP contribution in [0, 0.1) is 0 Å². The van der Waals surface area contributed by atoms with E-state index in [4.69, 9.17) is 0 Å². The molecule has 0 aliphatic rings. The zero-order valence-corrected chi connectivity index (χ0v) is 17.8. The van der Waals surface area contributed by atoms with Gasteiger partial charge in [-0.2, -0.15) is 0 Å². The van der Waals surface area contributed by atoms with Gasteiger partial charge in [0.1, 0.15) is 0 Å². The minimum atomic E-state index is -3.84. The van der Waals surface area contributed by atoms with Crippen LogP contribution in [0.2, 0.25) is 0 Å². The highest BCUT2D eigenvalue weighted by Gasteiger charge is 2.19. The minimum Gasteiger partial charge on any atom is -0.322 e. The van der Waals surface area contributed by atoms with Crippen molar-refractivity contribution in [2.75, 3.05) is 10.0 Å². The van der Waals surface area contributed by atoms with Gasteiger partial charge in [-0.1, -0.05) is 34.1 Å². The average molecular weight is 510 g/mol. The highest BCUT2D eigenvalue weighted by molar-refractivity contribution is 9.10. The maximum Gasteiger partial charge on any atom is 0.261 e. The summed E-state index contributed by atoms with van der Waals surface area (Å²) in [5, 5.41) is 2.74. The minimum absolute atomic E-state index is 0.00756. The van der Waals surface area contributed by atoms with Gasteiger partial charge in [0.25, 0.3) is 15.9 Å². The molecular weight excluding hydrogens is 496 g/mol. The Morgan fingerprint density at radius 1 is 0.815 bits per heavy atom. The van der Waals surface area contributed by atoms with Gasteiger partial charge in [-0.15, -0.1) is 0 Å². The fourth-order valence-electron chi connectivity index (χ4n) is 2.30. The molecule has 0 spiro atoms. The van der Waals surface area contributed by atoms with Gasteiger partial charge in [-0.05, 0) is 70.5 Å². The topological polar surface area (TPSA) is 75.3 Å². The van der Waals surface area contributed by atoms with Crippen molar-refractivity contribution >= 4 is 59.2 Å². The summed E-state index contributed by atoms with van der Waals surface area (Å²) in [5.74, 6) is -0.409. The van der Waals surface area contributed by atoms with Crippen molar-refractivity contribution in [1.82, 2.24) is 0 Å². The van der Waals surface area contributed by atoms with Crippen LogP contribution in [-0.2, 0) is 10.0 Å². The Hall–Kier alpha value is -2.16. The van der Waals surface area contributed by atoms with E-state index in [-0.39, 0.29) is 10.5 Å². The van der Waals surface area contributed by atoms with Crippen LogP contribution >= 0.6 is 31.9 Å². The third kappa shape index (κ3) is 4.97. The van der Waals surface area contributed by atoms with Gasteiger partial charge in [0.2, 0.25) is 0 Å². The molecule has 0 aromatic heterocycles. The summed E-state index contributed by atoms with van der Waals surface area (Å²) >= 11 is 6.61. The maximum absolute atomic E-state index is 12.7. The van der Waals surface area contributed by atoms with Crippen LogP contribution in [-0.4, -0.2) is 14.3 Å². The number of hydrogen-bond acceptors (Lipinski definition) is 3. The maximum atomic E-state index is 12.7. The molecule has 5 nitrogen and oxygen atoms in total. The Morgan fingerprint density at radius 3 is 2.15 bits per heavy atom. The quantitative estimate of drug-likeness (QED) is 0.492. The Bertz CT molecular complexity index is 1070. The number of carbonyl (C=O) groups excluding carboxylic acids is 1. The molecule has 2 N–H and O–H groups in total. The van der Waals surface area contributed by atoms with Crippen molar-refractivity contribution in [2.24, 2.45) is 0 Å². The first-order chi connectivity index (χ1) is 12.8. The summed E-state index contributed by atoms with van der Waals surface area (Å²) in [6, 6.07) is 20.0. The van der Waals surface area contributed by atoms with E-state index in [1.165, 1.54) is 18.2 Å². The van der Waals surface area contributed by atoms with Crippen molar-refractivity contribution < 1.29 is 13.2 Å². The highest BCUT2D eigenvalue weighted by Crippen LogP contribution is 2.24. The number of nitrogens with one attached hydrogen (secondary N) is 2. The molecule has 0 heterocycles. The number of rotatable bonds is 5. The molecule has 27 heavy (non-hydrogen) atoms. The zero-order chi connectivity index (χ0) is 19.4. The molecule has 0 radical (unpaired) electrons. The largest absolute Gasteiger partial charge is 0.322 e. The second-order valence-electron chi connectivity index (χ2n) is 5.57. The number of para-hydroxylation sites is 1. The number of amides is 1. The second-order valence-corrected chi connectivity index (χ2v) is 9.03. The van der Waals surface area contributed by atoms with E-state index in [1.807, 2.05) is 6.07 Å². The first kappa shape index (κ1) is 19.6. The number of sulfonamides is 1. The lowest BCUT2D eigenvalue weighted by molar-refractivity contribution is 0.102. The van der Waals surface area contributed by atoms with Gasteiger partial charge in [-0.25, -0.2) is 8.42 Å². The molecule has 138 valence electrons. The number of hydrogen-bond donors (Lipinski definition) is 2. The van der Waals surface area contributed by atoms with Crippen LogP contribution in [0.3, 0.4) is 0 Å². The van der Waals surface area contributed by atoms with E-state index < -0.39 is 15.9 Å². The number of carbonyl (C=O) groups is 1. The predicted molar refractivity (Wildman–Crippen MR) is 113 cm³/mol. The fourth-order valence-corrected chi connectivity index (χ4v) is 4.07. The average Bonchev–Trinajstić information content (AvgIpc) is 2.64. The summed E-state index contributed by atoms with van der Waals surface area (Å²) in [4.78, 5) is 12.5. The van der Waals surface area contributed by atoms with E-state index in [1.54, 1.807) is 48.5 Å². The van der Waals surface area contributed by atoms with E-state index in [0.29, 0.717) is 15.8 Å². The predicted octanol–water partition coefficient (Wildman–Crippen LogP) is 5.26. The Labute approximate surface area is 174 Å². The molecule has 0 unspecified atom stereocenters. The van der Waals surface area contributed by atoms with Gasteiger partial charge >= 0.3 is 0 Å². The van der Waals surface area contributed by atoms with Gasteiger partial charge < -0.3 is 5.32 Å². The monoisotopic (exact) mass is 508 g/mol. The van der Waals surface area contributed by atoms with E-state index in [2.05, 4.69) is 41.9 Å². The molecule has 0 aliphatic carbocycles. The third-order valence-corrected chi connectivity index (χ3v) is 6.22. The number of halogens is 2. The molecule has 0 fully saturated rings. The lowest BCUT2D eigenvalue weighted by Crippen LogP contribution is -2.16. The summed E-state index contributed by atoms with van der Waals surface area (Å²) < 4.78 is 29.2. The third-order valence-electron chi connectivity index (χ3n) is 3.62. The van der Waals surface area contributed by atoms with Crippen LogP contribution in [0.5, 0.6) is 0 Å². The van der Waals surface area contributed by atoms with Gasteiger partial charge in [0.15, 0.2) is 0 Å². The molecule has 0 saturated heterocycles. The zero-order valence-electron chi connectivity index (χ0n) is 13.8. The van der Waals surface area contributed by atoms with Gasteiger partial charge in [-0.3, -0.25) is 9.52 Å². The van der Waals surface area contributed by atoms with Crippen LogP contribution in [0.1, 0.15) is 10.4 Å². The number of benzene rings is 3. The lowest BCUT2D eigenvalue weighted by Gasteiger charge is -2.11. The molecule has 1 amide bonds. The van der Waals surface area contributed by atoms with Crippen molar-refractivity contribution in [3.63, 3.8) is 0 Å². The first-order valence-corrected chi connectivity index (χ1v) is 10.9. The highest BCUT2D eigenvalue weighted by atomic mass is 79.9. The van der Waals surface area contributed by atoms with Gasteiger partial charge in [0, 0.05) is 20.3 Å². The smallest absolute Gasteiger partial charge is 0.261 e. The molecule has 0 bridgehead atoms. The molecule has 0 atom stereocenters. The normalized spacial score (nSPS) is 11.0.